The maximum Gasteiger partial charge on any atom is 0.323 e. The van der Waals surface area contributed by atoms with Crippen LogP contribution in [-0.2, 0) is 13.0 Å². The van der Waals surface area contributed by atoms with E-state index in [1.165, 1.54) is 9.75 Å². The molecule has 0 aliphatic rings. The molecule has 0 bridgehead atoms. The van der Waals surface area contributed by atoms with Gasteiger partial charge in [-0.1, -0.05) is 6.92 Å². The van der Waals surface area contributed by atoms with Gasteiger partial charge in [0.15, 0.2) is 0 Å². The monoisotopic (exact) mass is 294 g/mol. The molecule has 20 heavy (non-hydrogen) atoms. The lowest BCUT2D eigenvalue weighted by molar-refractivity contribution is 0.312. The largest absolute Gasteiger partial charge is 0.464 e. The van der Waals surface area contributed by atoms with Crippen LogP contribution in [0.25, 0.3) is 0 Å². The van der Waals surface area contributed by atoms with E-state index in [1.807, 2.05) is 6.92 Å². The van der Waals surface area contributed by atoms with E-state index in [1.54, 1.807) is 11.3 Å². The highest BCUT2D eigenvalue weighted by Gasteiger charge is 2.07. The Morgan fingerprint density at radius 2 is 1.90 bits per heavy atom. The predicted octanol–water partition coefficient (Wildman–Crippen LogP) is 1.79. The number of hydrogen-bond donors (Lipinski definition) is 3. The second-order valence-corrected chi connectivity index (χ2v) is 5.17. The summed E-state index contributed by atoms with van der Waals surface area (Å²) in [5.74, 6) is 6.03. The van der Waals surface area contributed by atoms with E-state index in [2.05, 4.69) is 44.8 Å². The first-order valence-electron chi connectivity index (χ1n) is 6.42. The minimum atomic E-state index is 0.248. The third-order valence-electron chi connectivity index (χ3n) is 2.50. The molecule has 2 rings (SSSR count). The van der Waals surface area contributed by atoms with Gasteiger partial charge in [-0.3, -0.25) is 5.43 Å². The molecule has 0 aliphatic carbocycles. The molecule has 108 valence electrons. The Balaban J connectivity index is 2.05. The van der Waals surface area contributed by atoms with Gasteiger partial charge in [0.25, 0.3) is 0 Å². The molecule has 0 unspecified atom stereocenters. The van der Waals surface area contributed by atoms with Gasteiger partial charge in [-0.2, -0.15) is 15.0 Å². The minimum absolute atomic E-state index is 0.248. The van der Waals surface area contributed by atoms with E-state index < -0.39 is 0 Å². The van der Waals surface area contributed by atoms with Gasteiger partial charge in [0.1, 0.15) is 0 Å². The predicted molar refractivity (Wildman–Crippen MR) is 79.8 cm³/mol. The molecule has 2 heterocycles. The number of nitrogens with one attached hydrogen (secondary N) is 2. The van der Waals surface area contributed by atoms with E-state index >= 15 is 0 Å². The Kier molecular flexibility index (Phi) is 5.08. The van der Waals surface area contributed by atoms with Crippen LogP contribution in [0.2, 0.25) is 0 Å². The van der Waals surface area contributed by atoms with Crippen molar-refractivity contribution in [3.8, 4) is 6.01 Å². The maximum absolute atomic E-state index is 5.33. The fraction of sp³-hybridized carbons (Fsp3) is 0.417. The van der Waals surface area contributed by atoms with Gasteiger partial charge in [-0.25, -0.2) is 5.84 Å². The van der Waals surface area contributed by atoms with Crippen LogP contribution in [0.3, 0.4) is 0 Å². The number of thiophene rings is 1. The van der Waals surface area contributed by atoms with E-state index in [-0.39, 0.29) is 12.0 Å². The van der Waals surface area contributed by atoms with Crippen molar-refractivity contribution in [3.05, 3.63) is 21.9 Å². The van der Waals surface area contributed by atoms with Crippen LogP contribution in [-0.4, -0.2) is 21.6 Å². The molecule has 0 amide bonds. The van der Waals surface area contributed by atoms with E-state index in [4.69, 9.17) is 10.6 Å². The molecule has 4 N–H and O–H groups in total. The maximum atomic E-state index is 5.33. The molecular formula is C12H18N6OS. The first-order valence-corrected chi connectivity index (χ1v) is 7.23. The summed E-state index contributed by atoms with van der Waals surface area (Å²) in [6.45, 7) is 5.15. The van der Waals surface area contributed by atoms with E-state index in [0.717, 1.165) is 6.42 Å². The van der Waals surface area contributed by atoms with Gasteiger partial charge in [-0.15, -0.1) is 11.3 Å². The summed E-state index contributed by atoms with van der Waals surface area (Å²) >= 11 is 1.77. The first-order chi connectivity index (χ1) is 9.75. The van der Waals surface area contributed by atoms with Crippen LogP contribution >= 0.6 is 11.3 Å². The molecule has 0 aliphatic heterocycles. The SMILES string of the molecule is CCOc1nc(NN)nc(NCc2ccc(CC)s2)n1. The molecular weight excluding hydrogens is 276 g/mol. The van der Waals surface area contributed by atoms with Crippen molar-refractivity contribution in [3.63, 3.8) is 0 Å². The lowest BCUT2D eigenvalue weighted by Crippen LogP contribution is -2.14. The topological polar surface area (TPSA) is 98.0 Å². The van der Waals surface area contributed by atoms with E-state index in [9.17, 15) is 0 Å². The summed E-state index contributed by atoms with van der Waals surface area (Å²) in [6, 6.07) is 4.48. The summed E-state index contributed by atoms with van der Waals surface area (Å²) < 4.78 is 5.27. The van der Waals surface area contributed by atoms with Crippen LogP contribution < -0.4 is 21.3 Å². The molecule has 2 aromatic heterocycles. The van der Waals surface area contributed by atoms with Gasteiger partial charge in [0, 0.05) is 9.75 Å². The number of nitrogens with two attached hydrogens (primary N) is 1. The highest BCUT2D eigenvalue weighted by molar-refractivity contribution is 7.12. The van der Waals surface area contributed by atoms with Gasteiger partial charge in [0.2, 0.25) is 11.9 Å². The lowest BCUT2D eigenvalue weighted by Gasteiger charge is -2.07. The zero-order chi connectivity index (χ0) is 14.4. The Morgan fingerprint density at radius 1 is 1.15 bits per heavy atom. The molecule has 0 radical (unpaired) electrons. The molecule has 2 aromatic rings. The van der Waals surface area contributed by atoms with Crippen LogP contribution in [0.15, 0.2) is 12.1 Å². The number of nitrogens with zero attached hydrogens (tertiary/aromatic N) is 3. The number of nitrogen functional groups attached to an aromatic ring is 1. The summed E-state index contributed by atoms with van der Waals surface area (Å²) in [5, 5.41) is 3.14. The van der Waals surface area contributed by atoms with Crippen molar-refractivity contribution < 1.29 is 4.74 Å². The van der Waals surface area contributed by atoms with Gasteiger partial charge in [0.05, 0.1) is 13.2 Å². The second-order valence-electron chi connectivity index (χ2n) is 3.92. The summed E-state index contributed by atoms with van der Waals surface area (Å²) in [6.07, 6.45) is 1.05. The van der Waals surface area contributed by atoms with Crippen molar-refractivity contribution >= 4 is 23.2 Å². The average Bonchev–Trinajstić information content (AvgIpc) is 2.93. The van der Waals surface area contributed by atoms with Crippen LogP contribution in [0.4, 0.5) is 11.9 Å². The number of hydrogen-bond acceptors (Lipinski definition) is 8. The molecule has 0 aromatic carbocycles. The number of hydrazine groups is 1. The first kappa shape index (κ1) is 14.5. The standard InChI is InChI=1S/C12H18N6OS/c1-3-8-5-6-9(20-8)7-14-10-15-11(18-13)17-12(16-10)19-4-2/h5-6H,3-4,7,13H2,1-2H3,(H2,14,15,16,17,18). The number of ether oxygens (including phenoxy) is 1. The average molecular weight is 294 g/mol. The van der Waals surface area contributed by atoms with Crippen molar-refractivity contribution in [2.45, 2.75) is 26.8 Å². The normalized spacial score (nSPS) is 10.3. The van der Waals surface area contributed by atoms with E-state index in [0.29, 0.717) is 19.1 Å². The Hall–Kier alpha value is -1.93. The van der Waals surface area contributed by atoms with Crippen molar-refractivity contribution in [2.24, 2.45) is 5.84 Å². The number of rotatable bonds is 7. The van der Waals surface area contributed by atoms with Crippen LogP contribution in [0, 0.1) is 0 Å². The summed E-state index contributed by atoms with van der Waals surface area (Å²) in [7, 11) is 0. The third kappa shape index (κ3) is 3.78. The van der Waals surface area contributed by atoms with Crippen molar-refractivity contribution in [2.75, 3.05) is 17.3 Å². The number of aromatic nitrogens is 3. The van der Waals surface area contributed by atoms with Crippen LogP contribution in [0.5, 0.6) is 6.01 Å². The molecule has 0 atom stereocenters. The van der Waals surface area contributed by atoms with Crippen LogP contribution in [0.1, 0.15) is 23.6 Å². The Morgan fingerprint density at radius 3 is 2.55 bits per heavy atom. The molecule has 7 nitrogen and oxygen atoms in total. The fourth-order valence-electron chi connectivity index (χ4n) is 1.57. The van der Waals surface area contributed by atoms with Crippen molar-refractivity contribution in [1.29, 1.82) is 0 Å². The smallest absolute Gasteiger partial charge is 0.323 e. The highest BCUT2D eigenvalue weighted by Crippen LogP contribution is 2.18. The van der Waals surface area contributed by atoms with Crippen molar-refractivity contribution in [1.82, 2.24) is 15.0 Å². The zero-order valence-corrected chi connectivity index (χ0v) is 12.3. The molecule has 0 saturated carbocycles. The van der Waals surface area contributed by atoms with Gasteiger partial charge >= 0.3 is 6.01 Å². The lowest BCUT2D eigenvalue weighted by atomic mass is 10.4. The summed E-state index contributed by atoms with van der Waals surface area (Å²) in [5.41, 5.74) is 2.40. The Bertz CT molecular complexity index is 559. The highest BCUT2D eigenvalue weighted by atomic mass is 32.1. The molecule has 0 spiro atoms. The fourth-order valence-corrected chi connectivity index (χ4v) is 2.46. The molecule has 0 saturated heterocycles. The Labute approximate surface area is 121 Å². The zero-order valence-electron chi connectivity index (χ0n) is 11.5. The second kappa shape index (κ2) is 7.01. The number of aryl methyl sites for hydroxylation is 1. The minimum Gasteiger partial charge on any atom is -0.464 e. The quantitative estimate of drug-likeness (QED) is 0.529. The summed E-state index contributed by atoms with van der Waals surface area (Å²) in [4.78, 5) is 14.9. The number of anilines is 2. The third-order valence-corrected chi connectivity index (χ3v) is 3.73. The molecule has 0 fully saturated rings. The van der Waals surface area contributed by atoms with Gasteiger partial charge in [-0.05, 0) is 25.5 Å². The molecule has 8 heteroatoms. The van der Waals surface area contributed by atoms with Gasteiger partial charge < -0.3 is 10.1 Å².